The fraction of sp³-hybridized carbons (Fsp3) is 0.400. The number of rotatable bonds is 1. The molecule has 0 radical (unpaired) electrons. The summed E-state index contributed by atoms with van der Waals surface area (Å²) in [5.74, 6) is 0.517. The SMILES string of the molecule is Cc1cccc(Cl)c1C(C)C. The summed E-state index contributed by atoms with van der Waals surface area (Å²) < 4.78 is 0. The zero-order valence-electron chi connectivity index (χ0n) is 7.19. The van der Waals surface area contributed by atoms with E-state index >= 15 is 0 Å². The normalized spacial score (nSPS) is 10.6. The Balaban J connectivity index is 3.21. The molecule has 60 valence electrons. The molecule has 0 aliphatic carbocycles. The van der Waals surface area contributed by atoms with E-state index in [1.165, 1.54) is 11.1 Å². The molecular weight excluding hydrogens is 156 g/mol. The van der Waals surface area contributed by atoms with Gasteiger partial charge in [-0.2, -0.15) is 0 Å². The highest BCUT2D eigenvalue weighted by atomic mass is 35.5. The molecule has 0 fully saturated rings. The van der Waals surface area contributed by atoms with E-state index in [0.717, 1.165) is 5.02 Å². The van der Waals surface area contributed by atoms with Crippen molar-refractivity contribution in [3.05, 3.63) is 34.3 Å². The van der Waals surface area contributed by atoms with Crippen LogP contribution in [0, 0.1) is 6.92 Å². The molecule has 0 spiro atoms. The van der Waals surface area contributed by atoms with Gasteiger partial charge in [-0.3, -0.25) is 0 Å². The molecule has 0 heterocycles. The maximum absolute atomic E-state index is 6.02. The van der Waals surface area contributed by atoms with Crippen molar-refractivity contribution < 1.29 is 0 Å². The Kier molecular flexibility index (Phi) is 2.56. The van der Waals surface area contributed by atoms with E-state index in [1.807, 2.05) is 12.1 Å². The van der Waals surface area contributed by atoms with Crippen LogP contribution < -0.4 is 0 Å². The average Bonchev–Trinajstić information content (AvgIpc) is 1.85. The van der Waals surface area contributed by atoms with E-state index in [4.69, 9.17) is 11.6 Å². The first-order valence-electron chi connectivity index (χ1n) is 3.88. The monoisotopic (exact) mass is 168 g/mol. The molecule has 1 aromatic carbocycles. The second-order valence-corrected chi connectivity index (χ2v) is 3.53. The Labute approximate surface area is 73.2 Å². The number of aryl methyl sites for hydroxylation is 1. The molecule has 0 aliphatic rings. The van der Waals surface area contributed by atoms with Crippen molar-refractivity contribution in [2.45, 2.75) is 26.7 Å². The summed E-state index contributed by atoms with van der Waals surface area (Å²) in [5, 5.41) is 0.889. The first-order chi connectivity index (χ1) is 5.13. The van der Waals surface area contributed by atoms with Crippen molar-refractivity contribution in [2.24, 2.45) is 0 Å². The zero-order valence-corrected chi connectivity index (χ0v) is 7.94. The Hall–Kier alpha value is -0.490. The van der Waals surface area contributed by atoms with Crippen molar-refractivity contribution in [2.75, 3.05) is 0 Å². The molecule has 0 aliphatic heterocycles. The second-order valence-electron chi connectivity index (χ2n) is 3.13. The number of hydrogen-bond acceptors (Lipinski definition) is 0. The Morgan fingerprint density at radius 3 is 2.27 bits per heavy atom. The van der Waals surface area contributed by atoms with Gasteiger partial charge in [0.1, 0.15) is 0 Å². The van der Waals surface area contributed by atoms with E-state index in [-0.39, 0.29) is 0 Å². The predicted molar refractivity (Wildman–Crippen MR) is 50.3 cm³/mol. The number of halogens is 1. The molecule has 0 atom stereocenters. The lowest BCUT2D eigenvalue weighted by molar-refractivity contribution is 0.857. The van der Waals surface area contributed by atoms with Crippen molar-refractivity contribution in [1.29, 1.82) is 0 Å². The second kappa shape index (κ2) is 3.27. The maximum Gasteiger partial charge on any atom is 0.0443 e. The minimum Gasteiger partial charge on any atom is -0.0840 e. The summed E-state index contributed by atoms with van der Waals surface area (Å²) in [6.07, 6.45) is 0. The molecule has 0 bridgehead atoms. The molecule has 11 heavy (non-hydrogen) atoms. The smallest absolute Gasteiger partial charge is 0.0443 e. The lowest BCUT2D eigenvalue weighted by Gasteiger charge is -2.10. The molecule has 1 rings (SSSR count). The van der Waals surface area contributed by atoms with Crippen LogP contribution in [0.4, 0.5) is 0 Å². The van der Waals surface area contributed by atoms with Gasteiger partial charge >= 0.3 is 0 Å². The van der Waals surface area contributed by atoms with Crippen LogP contribution in [-0.2, 0) is 0 Å². The summed E-state index contributed by atoms with van der Waals surface area (Å²) in [6, 6.07) is 6.04. The average molecular weight is 169 g/mol. The topological polar surface area (TPSA) is 0 Å². The van der Waals surface area contributed by atoms with Crippen LogP contribution in [0.3, 0.4) is 0 Å². The third kappa shape index (κ3) is 1.75. The van der Waals surface area contributed by atoms with E-state index in [2.05, 4.69) is 26.8 Å². The van der Waals surface area contributed by atoms with E-state index < -0.39 is 0 Å². The Morgan fingerprint density at radius 1 is 1.27 bits per heavy atom. The molecule has 0 amide bonds. The molecule has 0 nitrogen and oxygen atoms in total. The largest absolute Gasteiger partial charge is 0.0840 e. The van der Waals surface area contributed by atoms with Gasteiger partial charge in [0, 0.05) is 5.02 Å². The summed E-state index contributed by atoms with van der Waals surface area (Å²) in [6.45, 7) is 6.42. The van der Waals surface area contributed by atoms with Gasteiger partial charge in [0.05, 0.1) is 0 Å². The van der Waals surface area contributed by atoms with E-state index in [1.54, 1.807) is 0 Å². The van der Waals surface area contributed by atoms with Gasteiger partial charge in [-0.15, -0.1) is 0 Å². The van der Waals surface area contributed by atoms with Crippen molar-refractivity contribution in [1.82, 2.24) is 0 Å². The van der Waals surface area contributed by atoms with Gasteiger partial charge in [0.15, 0.2) is 0 Å². The minimum atomic E-state index is 0.517. The van der Waals surface area contributed by atoms with Crippen LogP contribution in [0.15, 0.2) is 18.2 Å². The van der Waals surface area contributed by atoms with Crippen LogP contribution in [0.1, 0.15) is 30.9 Å². The maximum atomic E-state index is 6.02. The lowest BCUT2D eigenvalue weighted by Crippen LogP contribution is -1.92. The standard InChI is InChI=1S/C10H13Cl/c1-7(2)10-8(3)5-4-6-9(10)11/h4-7H,1-3H3. The summed E-state index contributed by atoms with van der Waals surface area (Å²) in [4.78, 5) is 0. The van der Waals surface area contributed by atoms with E-state index in [0.29, 0.717) is 5.92 Å². The van der Waals surface area contributed by atoms with Crippen LogP contribution in [0.5, 0.6) is 0 Å². The van der Waals surface area contributed by atoms with Gasteiger partial charge < -0.3 is 0 Å². The molecule has 0 N–H and O–H groups in total. The fourth-order valence-electron chi connectivity index (χ4n) is 1.38. The molecular formula is C10H13Cl. The van der Waals surface area contributed by atoms with Gasteiger partial charge in [-0.1, -0.05) is 37.6 Å². The highest BCUT2D eigenvalue weighted by Gasteiger charge is 2.06. The lowest BCUT2D eigenvalue weighted by atomic mass is 9.98. The first-order valence-corrected chi connectivity index (χ1v) is 4.25. The van der Waals surface area contributed by atoms with Crippen LogP contribution >= 0.6 is 11.6 Å². The van der Waals surface area contributed by atoms with Crippen molar-refractivity contribution >= 4 is 11.6 Å². The molecule has 0 unspecified atom stereocenters. The number of benzene rings is 1. The molecule has 1 aromatic rings. The zero-order chi connectivity index (χ0) is 8.43. The first kappa shape index (κ1) is 8.61. The van der Waals surface area contributed by atoms with Crippen molar-refractivity contribution in [3.63, 3.8) is 0 Å². The van der Waals surface area contributed by atoms with Crippen molar-refractivity contribution in [3.8, 4) is 0 Å². The minimum absolute atomic E-state index is 0.517. The van der Waals surface area contributed by atoms with E-state index in [9.17, 15) is 0 Å². The summed E-state index contributed by atoms with van der Waals surface area (Å²) >= 11 is 6.02. The molecule has 0 aromatic heterocycles. The highest BCUT2D eigenvalue weighted by molar-refractivity contribution is 6.31. The van der Waals surface area contributed by atoms with Gasteiger partial charge in [0.2, 0.25) is 0 Å². The molecule has 1 heteroatoms. The number of hydrogen-bond donors (Lipinski definition) is 0. The fourth-order valence-corrected chi connectivity index (χ4v) is 1.82. The molecule has 0 saturated heterocycles. The summed E-state index contributed by atoms with van der Waals surface area (Å²) in [5.41, 5.74) is 2.56. The Bertz CT molecular complexity index is 231. The Morgan fingerprint density at radius 2 is 1.91 bits per heavy atom. The third-order valence-electron chi connectivity index (χ3n) is 1.85. The summed E-state index contributed by atoms with van der Waals surface area (Å²) in [7, 11) is 0. The van der Waals surface area contributed by atoms with Crippen LogP contribution in [0.25, 0.3) is 0 Å². The van der Waals surface area contributed by atoms with Gasteiger partial charge in [-0.05, 0) is 30.0 Å². The predicted octanol–water partition coefficient (Wildman–Crippen LogP) is 3.77. The quantitative estimate of drug-likeness (QED) is 0.599. The molecule has 0 saturated carbocycles. The van der Waals surface area contributed by atoms with Gasteiger partial charge in [-0.25, -0.2) is 0 Å². The highest BCUT2D eigenvalue weighted by Crippen LogP contribution is 2.26. The third-order valence-corrected chi connectivity index (χ3v) is 2.18. The van der Waals surface area contributed by atoms with Gasteiger partial charge in [0.25, 0.3) is 0 Å². The van der Waals surface area contributed by atoms with Crippen LogP contribution in [0.2, 0.25) is 5.02 Å². The van der Waals surface area contributed by atoms with Crippen LogP contribution in [-0.4, -0.2) is 0 Å².